The standard InChI is InChI=1S/C33H33BrClN3O5S/c1-3-36-33(40)30(20-24-10-6-4-7-11-24)37(22-25-14-16-26(34)17-15-25)32(39)23-38(27-18-19-31(43-2)29(35)21-27)44(41,42)28-12-8-5-9-13-28/h4-19,21,30H,3,20,22-23H2,1-2H3,(H,36,40)/t30-/m0/s1. The van der Waals surface area contributed by atoms with Crippen molar-refractivity contribution in [2.45, 2.75) is 30.8 Å². The van der Waals surface area contributed by atoms with Crippen molar-refractivity contribution in [3.8, 4) is 5.75 Å². The summed E-state index contributed by atoms with van der Waals surface area (Å²) in [5.74, 6) is -0.548. The monoisotopic (exact) mass is 697 g/mol. The van der Waals surface area contributed by atoms with Gasteiger partial charge in [-0.2, -0.15) is 0 Å². The SMILES string of the molecule is CCNC(=O)[C@H](Cc1ccccc1)N(Cc1ccc(Br)cc1)C(=O)CN(c1ccc(OC)c(Cl)c1)S(=O)(=O)c1ccccc1. The molecule has 1 atom stereocenters. The van der Waals surface area contributed by atoms with E-state index in [-0.39, 0.29) is 34.5 Å². The number of rotatable bonds is 13. The molecule has 0 spiro atoms. The highest BCUT2D eigenvalue weighted by Crippen LogP contribution is 2.32. The third-order valence-corrected chi connectivity index (χ3v) is 9.53. The van der Waals surface area contributed by atoms with Gasteiger partial charge in [-0.1, -0.05) is 88.2 Å². The molecule has 4 aromatic rings. The van der Waals surface area contributed by atoms with E-state index < -0.39 is 28.5 Å². The minimum Gasteiger partial charge on any atom is -0.495 e. The molecule has 1 N–H and O–H groups in total. The first-order chi connectivity index (χ1) is 21.1. The van der Waals surface area contributed by atoms with E-state index in [1.807, 2.05) is 54.6 Å². The predicted octanol–water partition coefficient (Wildman–Crippen LogP) is 6.08. The Balaban J connectivity index is 1.80. The third kappa shape index (κ3) is 8.19. The average Bonchev–Trinajstić information content (AvgIpc) is 3.03. The lowest BCUT2D eigenvalue weighted by molar-refractivity contribution is -0.140. The number of carbonyl (C=O) groups is 2. The molecule has 0 bridgehead atoms. The smallest absolute Gasteiger partial charge is 0.264 e. The van der Waals surface area contributed by atoms with Crippen molar-refractivity contribution in [3.05, 3.63) is 124 Å². The summed E-state index contributed by atoms with van der Waals surface area (Å²) in [7, 11) is -2.78. The maximum Gasteiger partial charge on any atom is 0.264 e. The normalized spacial score (nSPS) is 11.8. The highest BCUT2D eigenvalue weighted by Gasteiger charge is 2.34. The quantitative estimate of drug-likeness (QED) is 0.183. The second-order valence-electron chi connectivity index (χ2n) is 9.89. The van der Waals surface area contributed by atoms with Gasteiger partial charge < -0.3 is 15.0 Å². The molecule has 8 nitrogen and oxygen atoms in total. The molecular formula is C33H33BrClN3O5S. The number of likely N-dealkylation sites (N-methyl/N-ethyl adjacent to an activating group) is 1. The molecule has 4 rings (SSSR count). The van der Waals surface area contributed by atoms with E-state index in [9.17, 15) is 18.0 Å². The zero-order valence-electron chi connectivity index (χ0n) is 24.3. The summed E-state index contributed by atoms with van der Waals surface area (Å²) >= 11 is 9.85. The molecule has 0 aliphatic heterocycles. The number of carbonyl (C=O) groups excluding carboxylic acids is 2. The molecule has 0 aliphatic carbocycles. The minimum atomic E-state index is -4.23. The molecule has 0 fully saturated rings. The number of amides is 2. The Bertz CT molecular complexity index is 1670. The number of ether oxygens (including phenoxy) is 1. The summed E-state index contributed by atoms with van der Waals surface area (Å²) in [6.45, 7) is 1.66. The zero-order chi connectivity index (χ0) is 31.7. The largest absolute Gasteiger partial charge is 0.495 e. The summed E-state index contributed by atoms with van der Waals surface area (Å²) in [5.41, 5.74) is 1.80. The van der Waals surface area contributed by atoms with E-state index in [1.54, 1.807) is 31.2 Å². The second-order valence-corrected chi connectivity index (χ2v) is 13.1. The van der Waals surface area contributed by atoms with E-state index in [0.29, 0.717) is 12.3 Å². The first kappa shape index (κ1) is 33.0. The first-order valence-electron chi connectivity index (χ1n) is 13.9. The molecule has 0 aromatic heterocycles. The number of hydrogen-bond donors (Lipinski definition) is 1. The van der Waals surface area contributed by atoms with Crippen molar-refractivity contribution >= 4 is 55.1 Å². The Morgan fingerprint density at radius 3 is 2.14 bits per heavy atom. The number of anilines is 1. The van der Waals surface area contributed by atoms with Crippen LogP contribution in [0.2, 0.25) is 5.02 Å². The van der Waals surface area contributed by atoms with Crippen molar-refractivity contribution in [3.63, 3.8) is 0 Å². The van der Waals surface area contributed by atoms with Crippen molar-refractivity contribution in [2.24, 2.45) is 0 Å². The Hall–Kier alpha value is -3.86. The Kier molecular flexibility index (Phi) is 11.4. The van der Waals surface area contributed by atoms with Crippen LogP contribution in [0.25, 0.3) is 0 Å². The number of hydrogen-bond acceptors (Lipinski definition) is 5. The molecule has 11 heteroatoms. The lowest BCUT2D eigenvalue weighted by atomic mass is 10.0. The summed E-state index contributed by atoms with van der Waals surface area (Å²) in [4.78, 5) is 29.4. The van der Waals surface area contributed by atoms with Gasteiger partial charge in [0.1, 0.15) is 18.3 Å². The first-order valence-corrected chi connectivity index (χ1v) is 16.5. The minimum absolute atomic E-state index is 0.00348. The molecule has 0 unspecified atom stereocenters. The Morgan fingerprint density at radius 1 is 0.909 bits per heavy atom. The number of benzene rings is 4. The number of nitrogens with zero attached hydrogens (tertiary/aromatic N) is 2. The maximum absolute atomic E-state index is 14.4. The molecule has 230 valence electrons. The van der Waals surface area contributed by atoms with Crippen LogP contribution in [0.1, 0.15) is 18.1 Å². The van der Waals surface area contributed by atoms with E-state index >= 15 is 0 Å². The molecule has 0 aliphatic rings. The van der Waals surface area contributed by atoms with Crippen molar-refractivity contribution in [1.29, 1.82) is 0 Å². The van der Waals surface area contributed by atoms with Gasteiger partial charge in [0.05, 0.1) is 22.7 Å². The van der Waals surface area contributed by atoms with Gasteiger partial charge in [0.2, 0.25) is 11.8 Å². The van der Waals surface area contributed by atoms with Crippen LogP contribution < -0.4 is 14.4 Å². The second kappa shape index (κ2) is 15.2. The number of nitrogens with one attached hydrogen (secondary N) is 1. The van der Waals surface area contributed by atoms with E-state index in [4.69, 9.17) is 16.3 Å². The van der Waals surface area contributed by atoms with Gasteiger partial charge in [-0.15, -0.1) is 0 Å². The lowest BCUT2D eigenvalue weighted by Crippen LogP contribution is -2.53. The van der Waals surface area contributed by atoms with Gasteiger partial charge >= 0.3 is 0 Å². The van der Waals surface area contributed by atoms with Gasteiger partial charge in [0, 0.05) is 24.0 Å². The highest BCUT2D eigenvalue weighted by atomic mass is 79.9. The molecule has 0 radical (unpaired) electrons. The Morgan fingerprint density at radius 2 is 1.55 bits per heavy atom. The fourth-order valence-corrected chi connectivity index (χ4v) is 6.63. The topological polar surface area (TPSA) is 96.0 Å². The summed E-state index contributed by atoms with van der Waals surface area (Å²) < 4.78 is 35.2. The Labute approximate surface area is 271 Å². The van der Waals surface area contributed by atoms with E-state index in [0.717, 1.165) is 19.9 Å². The molecule has 44 heavy (non-hydrogen) atoms. The summed E-state index contributed by atoms with van der Waals surface area (Å²) in [6.07, 6.45) is 0.231. The van der Waals surface area contributed by atoms with Crippen molar-refractivity contribution in [2.75, 3.05) is 24.5 Å². The van der Waals surface area contributed by atoms with Crippen molar-refractivity contribution < 1.29 is 22.7 Å². The molecule has 0 saturated heterocycles. The van der Waals surface area contributed by atoms with Crippen LogP contribution in [-0.2, 0) is 32.6 Å². The van der Waals surface area contributed by atoms with Gasteiger partial charge in [-0.25, -0.2) is 8.42 Å². The zero-order valence-corrected chi connectivity index (χ0v) is 27.5. The predicted molar refractivity (Wildman–Crippen MR) is 176 cm³/mol. The maximum atomic E-state index is 14.4. The number of sulfonamides is 1. The number of methoxy groups -OCH3 is 1. The lowest BCUT2D eigenvalue weighted by Gasteiger charge is -2.34. The highest BCUT2D eigenvalue weighted by molar-refractivity contribution is 9.10. The summed E-state index contributed by atoms with van der Waals surface area (Å²) in [6, 6.07) is 28.2. The van der Waals surface area contributed by atoms with Crippen LogP contribution >= 0.6 is 27.5 Å². The van der Waals surface area contributed by atoms with Crippen LogP contribution in [0.5, 0.6) is 5.75 Å². The average molecular weight is 699 g/mol. The van der Waals surface area contributed by atoms with E-state index in [2.05, 4.69) is 21.2 Å². The van der Waals surface area contributed by atoms with Crippen LogP contribution in [0.4, 0.5) is 5.69 Å². The molecule has 0 heterocycles. The molecule has 0 saturated carbocycles. The van der Waals surface area contributed by atoms with Gasteiger partial charge in [-0.3, -0.25) is 13.9 Å². The van der Waals surface area contributed by atoms with E-state index in [1.165, 1.54) is 36.3 Å². The van der Waals surface area contributed by atoms with Crippen LogP contribution in [-0.4, -0.2) is 51.4 Å². The van der Waals surface area contributed by atoms with Crippen LogP contribution in [0, 0.1) is 0 Å². The third-order valence-electron chi connectivity index (χ3n) is 6.92. The van der Waals surface area contributed by atoms with Gasteiger partial charge in [0.15, 0.2) is 0 Å². The fraction of sp³-hybridized carbons (Fsp3) is 0.212. The molecule has 4 aromatic carbocycles. The van der Waals surface area contributed by atoms with Crippen molar-refractivity contribution in [1.82, 2.24) is 10.2 Å². The van der Waals surface area contributed by atoms with Gasteiger partial charge in [-0.05, 0) is 60.5 Å². The van der Waals surface area contributed by atoms with Crippen LogP contribution in [0.15, 0.2) is 112 Å². The molecule has 2 amide bonds. The van der Waals surface area contributed by atoms with Crippen LogP contribution in [0.3, 0.4) is 0 Å². The summed E-state index contributed by atoms with van der Waals surface area (Å²) in [5, 5.41) is 3.04. The molecular weight excluding hydrogens is 666 g/mol. The number of halogens is 2. The fourth-order valence-electron chi connectivity index (χ4n) is 4.69. The van der Waals surface area contributed by atoms with Gasteiger partial charge in [0.25, 0.3) is 10.0 Å².